The Balaban J connectivity index is 3.19. The second-order valence-electron chi connectivity index (χ2n) is 3.84. The quantitative estimate of drug-likeness (QED) is 0.913. The van der Waals surface area contributed by atoms with Crippen molar-refractivity contribution in [1.82, 2.24) is 9.97 Å². The number of hydrogen-bond acceptors (Lipinski definition) is 3. The lowest BCUT2D eigenvalue weighted by Gasteiger charge is -2.12. The van der Waals surface area contributed by atoms with E-state index in [1.807, 2.05) is 7.05 Å². The number of hydrogen-bond donors (Lipinski definition) is 1. The van der Waals surface area contributed by atoms with Gasteiger partial charge < -0.3 is 5.32 Å². The van der Waals surface area contributed by atoms with Gasteiger partial charge in [-0.1, -0.05) is 20.8 Å². The second-order valence-corrected chi connectivity index (χ2v) is 4.64. The highest BCUT2D eigenvalue weighted by atomic mass is 79.9. The van der Waals surface area contributed by atoms with E-state index >= 15 is 0 Å². The second kappa shape index (κ2) is 5.45. The van der Waals surface area contributed by atoms with E-state index in [1.54, 1.807) is 0 Å². The number of halogens is 1. The maximum absolute atomic E-state index is 4.57. The third-order valence-electron chi connectivity index (χ3n) is 2.18. The normalized spacial score (nSPS) is 10.8. The van der Waals surface area contributed by atoms with Gasteiger partial charge in [0, 0.05) is 13.5 Å². The Bertz CT molecular complexity index is 337. The van der Waals surface area contributed by atoms with Crippen LogP contribution in [0.1, 0.15) is 44.6 Å². The smallest absolute Gasteiger partial charge is 0.144 e. The minimum absolute atomic E-state index is 0.407. The minimum atomic E-state index is 0.407. The fraction of sp³-hybridized carbons (Fsp3) is 0.636. The summed E-state index contributed by atoms with van der Waals surface area (Å²) in [6.45, 7) is 6.42. The van der Waals surface area contributed by atoms with Crippen molar-refractivity contribution in [2.24, 2.45) is 0 Å². The van der Waals surface area contributed by atoms with Crippen LogP contribution in [0.3, 0.4) is 0 Å². The maximum Gasteiger partial charge on any atom is 0.144 e. The van der Waals surface area contributed by atoms with E-state index in [9.17, 15) is 0 Å². The zero-order valence-electron chi connectivity index (χ0n) is 9.76. The van der Waals surface area contributed by atoms with Crippen LogP contribution in [-0.4, -0.2) is 17.0 Å². The molecule has 0 atom stereocenters. The zero-order chi connectivity index (χ0) is 11.4. The van der Waals surface area contributed by atoms with Crippen LogP contribution in [0, 0.1) is 0 Å². The van der Waals surface area contributed by atoms with Crippen molar-refractivity contribution in [3.8, 4) is 0 Å². The van der Waals surface area contributed by atoms with Crippen molar-refractivity contribution in [2.45, 2.75) is 39.5 Å². The van der Waals surface area contributed by atoms with Crippen LogP contribution in [0.2, 0.25) is 0 Å². The monoisotopic (exact) mass is 271 g/mol. The first-order chi connectivity index (χ1) is 7.10. The van der Waals surface area contributed by atoms with Crippen molar-refractivity contribution < 1.29 is 0 Å². The van der Waals surface area contributed by atoms with Gasteiger partial charge in [0.05, 0.1) is 10.2 Å². The molecule has 15 heavy (non-hydrogen) atoms. The highest BCUT2D eigenvalue weighted by Crippen LogP contribution is 2.28. The summed E-state index contributed by atoms with van der Waals surface area (Å²) in [5.74, 6) is 2.22. The highest BCUT2D eigenvalue weighted by Gasteiger charge is 2.13. The predicted octanol–water partition coefficient (Wildman–Crippen LogP) is 3.36. The Morgan fingerprint density at radius 1 is 1.33 bits per heavy atom. The number of aryl methyl sites for hydroxylation is 1. The van der Waals surface area contributed by atoms with Crippen molar-refractivity contribution >= 4 is 21.7 Å². The highest BCUT2D eigenvalue weighted by molar-refractivity contribution is 9.10. The molecule has 1 aromatic rings. The van der Waals surface area contributed by atoms with E-state index in [4.69, 9.17) is 0 Å². The number of rotatable bonds is 4. The molecule has 0 aliphatic carbocycles. The molecule has 1 rings (SSSR count). The van der Waals surface area contributed by atoms with Crippen molar-refractivity contribution in [1.29, 1.82) is 0 Å². The lowest BCUT2D eigenvalue weighted by atomic mass is 10.1. The molecule has 0 fully saturated rings. The van der Waals surface area contributed by atoms with Crippen LogP contribution in [0.4, 0.5) is 5.82 Å². The standard InChI is InChI=1S/C11H18BrN3/c1-5-6-8-14-10(7(2)3)9(12)11(13-4)15-8/h7H,5-6H2,1-4H3,(H,13,14,15). The van der Waals surface area contributed by atoms with Gasteiger partial charge in [-0.05, 0) is 28.3 Å². The summed E-state index contributed by atoms with van der Waals surface area (Å²) in [6, 6.07) is 0. The first kappa shape index (κ1) is 12.4. The van der Waals surface area contributed by atoms with Crippen LogP contribution in [0.25, 0.3) is 0 Å². The van der Waals surface area contributed by atoms with Gasteiger partial charge in [0.2, 0.25) is 0 Å². The molecule has 4 heteroatoms. The molecule has 0 saturated heterocycles. The SMILES string of the molecule is CCCc1nc(NC)c(Br)c(C(C)C)n1. The molecule has 0 spiro atoms. The van der Waals surface area contributed by atoms with Gasteiger partial charge in [0.1, 0.15) is 11.6 Å². The molecule has 1 heterocycles. The van der Waals surface area contributed by atoms with E-state index < -0.39 is 0 Å². The molecule has 0 radical (unpaired) electrons. The fourth-order valence-corrected chi connectivity index (χ4v) is 2.23. The molecule has 0 aliphatic heterocycles. The summed E-state index contributed by atoms with van der Waals surface area (Å²) in [5, 5.41) is 3.09. The molecule has 84 valence electrons. The molecule has 0 bridgehead atoms. The van der Waals surface area contributed by atoms with Crippen molar-refractivity contribution in [2.75, 3.05) is 12.4 Å². The van der Waals surface area contributed by atoms with Crippen LogP contribution in [-0.2, 0) is 6.42 Å². The average Bonchev–Trinajstić information content (AvgIpc) is 2.20. The number of aromatic nitrogens is 2. The first-order valence-corrected chi connectivity index (χ1v) is 6.13. The van der Waals surface area contributed by atoms with Crippen molar-refractivity contribution in [3.63, 3.8) is 0 Å². The summed E-state index contributed by atoms with van der Waals surface area (Å²) in [7, 11) is 1.88. The van der Waals surface area contributed by atoms with Crippen molar-refractivity contribution in [3.05, 3.63) is 16.0 Å². The van der Waals surface area contributed by atoms with Crippen LogP contribution in [0.5, 0.6) is 0 Å². The summed E-state index contributed by atoms with van der Waals surface area (Å²) >= 11 is 3.54. The van der Waals surface area contributed by atoms with Crippen LogP contribution >= 0.6 is 15.9 Å². The summed E-state index contributed by atoms with van der Waals surface area (Å²) < 4.78 is 0.986. The Morgan fingerprint density at radius 2 is 2.00 bits per heavy atom. The topological polar surface area (TPSA) is 37.8 Å². The predicted molar refractivity (Wildman–Crippen MR) is 67.4 cm³/mol. The molecule has 0 aromatic carbocycles. The molecule has 1 aromatic heterocycles. The zero-order valence-corrected chi connectivity index (χ0v) is 11.3. The van der Waals surface area contributed by atoms with E-state index in [-0.39, 0.29) is 0 Å². The Labute approximate surface area is 99.8 Å². The van der Waals surface area contributed by atoms with E-state index in [0.29, 0.717) is 5.92 Å². The Hall–Kier alpha value is -0.640. The molecule has 0 saturated carbocycles. The third kappa shape index (κ3) is 2.91. The summed E-state index contributed by atoms with van der Waals surface area (Å²) in [5.41, 5.74) is 1.08. The lowest BCUT2D eigenvalue weighted by molar-refractivity contribution is 0.759. The Kier molecular flexibility index (Phi) is 4.51. The van der Waals surface area contributed by atoms with E-state index in [0.717, 1.165) is 34.7 Å². The number of nitrogens with zero attached hydrogens (tertiary/aromatic N) is 2. The van der Waals surface area contributed by atoms with Gasteiger partial charge in [0.25, 0.3) is 0 Å². The molecule has 0 amide bonds. The van der Waals surface area contributed by atoms with Gasteiger partial charge >= 0.3 is 0 Å². The first-order valence-electron chi connectivity index (χ1n) is 5.34. The van der Waals surface area contributed by atoms with E-state index in [1.165, 1.54) is 0 Å². The van der Waals surface area contributed by atoms with Gasteiger partial charge in [-0.25, -0.2) is 9.97 Å². The van der Waals surface area contributed by atoms with Crippen LogP contribution in [0.15, 0.2) is 4.47 Å². The molecule has 0 unspecified atom stereocenters. The van der Waals surface area contributed by atoms with Gasteiger partial charge in [-0.2, -0.15) is 0 Å². The van der Waals surface area contributed by atoms with Crippen LogP contribution < -0.4 is 5.32 Å². The summed E-state index contributed by atoms with van der Waals surface area (Å²) in [4.78, 5) is 9.03. The Morgan fingerprint density at radius 3 is 2.47 bits per heavy atom. The average molecular weight is 272 g/mol. The minimum Gasteiger partial charge on any atom is -0.372 e. The molecule has 1 N–H and O–H groups in total. The third-order valence-corrected chi connectivity index (χ3v) is 2.96. The number of nitrogens with one attached hydrogen (secondary N) is 1. The largest absolute Gasteiger partial charge is 0.372 e. The summed E-state index contributed by atoms with van der Waals surface area (Å²) in [6.07, 6.45) is 2.00. The fourth-order valence-electron chi connectivity index (χ4n) is 1.40. The van der Waals surface area contributed by atoms with Gasteiger partial charge in [0.15, 0.2) is 0 Å². The molecule has 0 aliphatic rings. The number of anilines is 1. The molecular formula is C11H18BrN3. The van der Waals surface area contributed by atoms with Gasteiger partial charge in [-0.3, -0.25) is 0 Å². The molecule has 3 nitrogen and oxygen atoms in total. The molecular weight excluding hydrogens is 254 g/mol. The van der Waals surface area contributed by atoms with E-state index in [2.05, 4.69) is 52.0 Å². The lowest BCUT2D eigenvalue weighted by Crippen LogP contribution is -2.06. The van der Waals surface area contributed by atoms with Gasteiger partial charge in [-0.15, -0.1) is 0 Å². The maximum atomic E-state index is 4.57.